The van der Waals surface area contributed by atoms with Gasteiger partial charge in [0.1, 0.15) is 0 Å². The number of aryl methyl sites for hydroxylation is 1. The van der Waals surface area contributed by atoms with Crippen molar-refractivity contribution in [2.24, 2.45) is 0 Å². The predicted octanol–water partition coefficient (Wildman–Crippen LogP) is 3.82. The average Bonchev–Trinajstić information content (AvgIpc) is 2.87. The van der Waals surface area contributed by atoms with Crippen LogP contribution in [0.15, 0.2) is 35.1 Å². The molecule has 1 aromatic carbocycles. The summed E-state index contributed by atoms with van der Waals surface area (Å²) in [5.41, 5.74) is 2.44. The largest absolute Gasteiger partial charge is 0.313 e. The Morgan fingerprint density at radius 1 is 1.47 bits per heavy atom. The molecule has 2 rings (SSSR count). The summed E-state index contributed by atoms with van der Waals surface area (Å²) < 4.78 is 2.87. The summed E-state index contributed by atoms with van der Waals surface area (Å²) in [5, 5.41) is 8.38. The van der Waals surface area contributed by atoms with Gasteiger partial charge in [-0.15, -0.1) is 0 Å². The number of hydrogen-bond donors (Lipinski definition) is 1. The first-order valence-electron chi connectivity index (χ1n) is 6.27. The third kappa shape index (κ3) is 3.59. The molecule has 1 atom stereocenters. The van der Waals surface area contributed by atoms with Gasteiger partial charge in [0.15, 0.2) is 0 Å². The van der Waals surface area contributed by atoms with Gasteiger partial charge >= 0.3 is 0 Å². The quantitative estimate of drug-likeness (QED) is 0.895. The lowest BCUT2D eigenvalue weighted by Gasteiger charge is -2.16. The van der Waals surface area contributed by atoms with Crippen molar-refractivity contribution in [3.05, 3.63) is 51.2 Å². The Balaban J connectivity index is 2.17. The molecule has 1 heterocycles. The summed E-state index contributed by atoms with van der Waals surface area (Å²) in [6.07, 6.45) is 4.93. The minimum Gasteiger partial charge on any atom is -0.313 e. The lowest BCUT2D eigenvalue weighted by Crippen LogP contribution is -2.18. The second kappa shape index (κ2) is 6.55. The molecule has 0 radical (unpaired) electrons. The zero-order valence-corrected chi connectivity index (χ0v) is 13.4. The average molecular weight is 343 g/mol. The Hall–Kier alpha value is -0.840. The molecule has 0 fully saturated rings. The zero-order valence-electron chi connectivity index (χ0n) is 11.0. The third-order valence-corrected chi connectivity index (χ3v) is 4.36. The molecule has 0 spiro atoms. The summed E-state index contributed by atoms with van der Waals surface area (Å²) in [7, 11) is 1.97. The second-order valence-electron chi connectivity index (χ2n) is 4.42. The zero-order chi connectivity index (χ0) is 13.8. The number of rotatable bonds is 5. The first-order chi connectivity index (χ1) is 9.13. The van der Waals surface area contributed by atoms with Crippen LogP contribution in [-0.4, -0.2) is 16.8 Å². The highest BCUT2D eigenvalue weighted by Crippen LogP contribution is 2.27. The summed E-state index contributed by atoms with van der Waals surface area (Å²) in [6, 6.07) is 6.29. The van der Waals surface area contributed by atoms with Gasteiger partial charge in [-0.1, -0.05) is 17.7 Å². The van der Waals surface area contributed by atoms with Crippen molar-refractivity contribution in [2.45, 2.75) is 25.9 Å². The molecule has 0 saturated heterocycles. The normalized spacial score (nSPS) is 12.6. The van der Waals surface area contributed by atoms with E-state index >= 15 is 0 Å². The Labute approximate surface area is 127 Å². The Morgan fingerprint density at radius 3 is 2.84 bits per heavy atom. The molecule has 2 aromatic rings. The molecule has 3 nitrogen and oxygen atoms in total. The minimum absolute atomic E-state index is 0.253. The highest BCUT2D eigenvalue weighted by molar-refractivity contribution is 9.10. The van der Waals surface area contributed by atoms with Crippen LogP contribution in [0, 0.1) is 0 Å². The molecule has 102 valence electrons. The molecule has 0 aliphatic heterocycles. The van der Waals surface area contributed by atoms with Gasteiger partial charge in [-0.05, 0) is 59.6 Å². The highest BCUT2D eigenvalue weighted by atomic mass is 79.9. The maximum atomic E-state index is 6.03. The fourth-order valence-corrected chi connectivity index (χ4v) is 2.55. The molecule has 0 bridgehead atoms. The van der Waals surface area contributed by atoms with Gasteiger partial charge < -0.3 is 5.32 Å². The molecule has 1 aromatic heterocycles. The maximum Gasteiger partial charge on any atom is 0.0548 e. The summed E-state index contributed by atoms with van der Waals surface area (Å²) >= 11 is 9.50. The monoisotopic (exact) mass is 341 g/mol. The number of benzene rings is 1. The molecular weight excluding hydrogens is 326 g/mol. The van der Waals surface area contributed by atoms with Crippen LogP contribution in [0.5, 0.6) is 0 Å². The molecule has 0 aliphatic carbocycles. The van der Waals surface area contributed by atoms with E-state index in [-0.39, 0.29) is 6.04 Å². The standard InChI is InChI=1S/C14H17BrClN3/c1-3-19-9-10(8-18-19)6-14(17-2)11-4-5-13(16)12(15)7-11/h4-5,7-9,14,17H,3,6H2,1-2H3. The van der Waals surface area contributed by atoms with Crippen LogP contribution in [-0.2, 0) is 13.0 Å². The maximum absolute atomic E-state index is 6.03. The highest BCUT2D eigenvalue weighted by Gasteiger charge is 2.12. The van der Waals surface area contributed by atoms with Crippen molar-refractivity contribution < 1.29 is 0 Å². The van der Waals surface area contributed by atoms with Gasteiger partial charge in [-0.3, -0.25) is 4.68 Å². The summed E-state index contributed by atoms with van der Waals surface area (Å²) in [5.74, 6) is 0. The van der Waals surface area contributed by atoms with Crippen LogP contribution in [0.3, 0.4) is 0 Å². The van der Waals surface area contributed by atoms with Crippen LogP contribution >= 0.6 is 27.5 Å². The summed E-state index contributed by atoms with van der Waals surface area (Å²) in [6.45, 7) is 2.99. The molecule has 5 heteroatoms. The van der Waals surface area contributed by atoms with E-state index in [1.807, 2.05) is 24.0 Å². The van der Waals surface area contributed by atoms with Crippen molar-refractivity contribution in [2.75, 3.05) is 7.05 Å². The SMILES string of the molecule is CCn1cc(CC(NC)c2ccc(Cl)c(Br)c2)cn1. The number of nitrogens with one attached hydrogen (secondary N) is 1. The van der Waals surface area contributed by atoms with Crippen LogP contribution in [0.4, 0.5) is 0 Å². The van der Waals surface area contributed by atoms with E-state index in [9.17, 15) is 0 Å². The number of halogens is 2. The molecule has 0 amide bonds. The second-order valence-corrected chi connectivity index (χ2v) is 5.68. The van der Waals surface area contributed by atoms with Crippen LogP contribution in [0.25, 0.3) is 0 Å². The Kier molecular flexibility index (Phi) is 5.02. The van der Waals surface area contributed by atoms with Crippen LogP contribution in [0.1, 0.15) is 24.1 Å². The third-order valence-electron chi connectivity index (χ3n) is 3.15. The van der Waals surface area contributed by atoms with Gasteiger partial charge in [0.05, 0.1) is 11.2 Å². The van der Waals surface area contributed by atoms with Crippen LogP contribution in [0.2, 0.25) is 5.02 Å². The van der Waals surface area contributed by atoms with E-state index in [1.165, 1.54) is 11.1 Å². The van der Waals surface area contributed by atoms with E-state index in [0.29, 0.717) is 0 Å². The van der Waals surface area contributed by atoms with E-state index < -0.39 is 0 Å². The van der Waals surface area contributed by atoms with E-state index in [0.717, 1.165) is 22.5 Å². The number of hydrogen-bond acceptors (Lipinski definition) is 2. The van der Waals surface area contributed by atoms with Gasteiger partial charge in [0.25, 0.3) is 0 Å². The Morgan fingerprint density at radius 2 is 2.26 bits per heavy atom. The van der Waals surface area contributed by atoms with Crippen molar-refractivity contribution in [1.82, 2.24) is 15.1 Å². The van der Waals surface area contributed by atoms with Gasteiger partial charge in [-0.25, -0.2) is 0 Å². The first kappa shape index (κ1) is 14.6. The molecule has 0 saturated carbocycles. The van der Waals surface area contributed by atoms with Crippen molar-refractivity contribution in [3.8, 4) is 0 Å². The van der Waals surface area contributed by atoms with E-state index in [1.54, 1.807) is 0 Å². The number of nitrogens with zero attached hydrogens (tertiary/aromatic N) is 2. The van der Waals surface area contributed by atoms with Gasteiger partial charge in [0, 0.05) is 23.3 Å². The molecule has 1 unspecified atom stereocenters. The van der Waals surface area contributed by atoms with Crippen LogP contribution < -0.4 is 5.32 Å². The van der Waals surface area contributed by atoms with Gasteiger partial charge in [-0.2, -0.15) is 5.10 Å². The smallest absolute Gasteiger partial charge is 0.0548 e. The summed E-state index contributed by atoms with van der Waals surface area (Å²) in [4.78, 5) is 0. The fourth-order valence-electron chi connectivity index (χ4n) is 2.04. The topological polar surface area (TPSA) is 29.9 Å². The van der Waals surface area contributed by atoms with E-state index in [4.69, 9.17) is 11.6 Å². The van der Waals surface area contributed by atoms with Crippen molar-refractivity contribution in [1.29, 1.82) is 0 Å². The van der Waals surface area contributed by atoms with Crippen molar-refractivity contribution in [3.63, 3.8) is 0 Å². The molecule has 0 aliphatic rings. The Bertz CT molecular complexity index is 553. The minimum atomic E-state index is 0.253. The van der Waals surface area contributed by atoms with Gasteiger partial charge in [0.2, 0.25) is 0 Å². The predicted molar refractivity (Wildman–Crippen MR) is 82.6 cm³/mol. The number of aromatic nitrogens is 2. The molecular formula is C14H17BrClN3. The first-order valence-corrected chi connectivity index (χ1v) is 7.44. The van der Waals surface area contributed by atoms with Crippen molar-refractivity contribution >= 4 is 27.5 Å². The van der Waals surface area contributed by atoms with E-state index in [2.05, 4.69) is 51.6 Å². The fraction of sp³-hybridized carbons (Fsp3) is 0.357. The lowest BCUT2D eigenvalue weighted by atomic mass is 10.0. The molecule has 19 heavy (non-hydrogen) atoms. The number of likely N-dealkylation sites (N-methyl/N-ethyl adjacent to an activating group) is 1. The lowest BCUT2D eigenvalue weighted by molar-refractivity contribution is 0.590. The molecule has 1 N–H and O–H groups in total.